The number of carboxylic acids is 1. The van der Waals surface area contributed by atoms with Gasteiger partial charge in [-0.3, -0.25) is 9.59 Å². The Morgan fingerprint density at radius 1 is 1.15 bits per heavy atom. The summed E-state index contributed by atoms with van der Waals surface area (Å²) in [6.07, 6.45) is 0.332. The van der Waals surface area contributed by atoms with E-state index >= 15 is 0 Å². The predicted octanol–water partition coefficient (Wildman–Crippen LogP) is 1.91. The van der Waals surface area contributed by atoms with E-state index in [4.69, 9.17) is 9.84 Å². The van der Waals surface area contributed by atoms with Gasteiger partial charge < -0.3 is 20.5 Å². The highest BCUT2D eigenvalue weighted by Gasteiger charge is 2.22. The second kappa shape index (κ2) is 10.7. The summed E-state index contributed by atoms with van der Waals surface area (Å²) in [4.78, 5) is 36.1. The molecule has 7 nitrogen and oxygen atoms in total. The molecule has 0 saturated carbocycles. The lowest BCUT2D eigenvalue weighted by atomic mass is 10.0. The number of amides is 2. The lowest BCUT2D eigenvalue weighted by molar-refractivity contribution is -0.142. The summed E-state index contributed by atoms with van der Waals surface area (Å²) in [5, 5.41) is 13.7. The molecule has 1 aromatic carbocycles. The first-order valence-corrected chi connectivity index (χ1v) is 9.21. The molecule has 0 spiro atoms. The van der Waals surface area contributed by atoms with Crippen LogP contribution in [0.2, 0.25) is 0 Å². The van der Waals surface area contributed by atoms with Crippen LogP contribution in [0.5, 0.6) is 5.75 Å². The molecule has 1 aromatic rings. The lowest BCUT2D eigenvalue weighted by Gasteiger charge is -2.17. The van der Waals surface area contributed by atoms with E-state index < -0.39 is 23.2 Å². The Morgan fingerprint density at radius 3 is 2.27 bits per heavy atom. The Hall–Kier alpha value is -2.22. The van der Waals surface area contributed by atoms with Gasteiger partial charge in [0.1, 0.15) is 11.8 Å². The molecule has 1 rings (SSSR count). The van der Waals surface area contributed by atoms with Crippen LogP contribution in [0.25, 0.3) is 0 Å². The van der Waals surface area contributed by atoms with Crippen LogP contribution in [0.1, 0.15) is 27.2 Å². The highest BCUT2D eigenvalue weighted by atomic mass is 32.2. The monoisotopic (exact) mass is 382 g/mol. The van der Waals surface area contributed by atoms with Gasteiger partial charge in [0.05, 0.1) is 18.9 Å². The Kier molecular flexibility index (Phi) is 8.98. The van der Waals surface area contributed by atoms with Crippen LogP contribution in [0, 0.1) is 5.92 Å². The highest BCUT2D eigenvalue weighted by molar-refractivity contribution is 8.00. The normalized spacial score (nSPS) is 13.0. The van der Waals surface area contributed by atoms with Gasteiger partial charge in [-0.05, 0) is 43.5 Å². The number of carbonyl (C=O) groups excluding carboxylic acids is 2. The first-order chi connectivity index (χ1) is 12.2. The minimum Gasteiger partial charge on any atom is -0.497 e. The third-order valence-corrected chi connectivity index (χ3v) is 4.62. The second-order valence-corrected chi connectivity index (χ2v) is 7.66. The molecule has 0 saturated heterocycles. The van der Waals surface area contributed by atoms with Crippen LogP contribution in [0.3, 0.4) is 0 Å². The molecule has 2 atom stereocenters. The summed E-state index contributed by atoms with van der Waals surface area (Å²) in [5.74, 6) is -1.03. The van der Waals surface area contributed by atoms with E-state index in [2.05, 4.69) is 10.6 Å². The molecule has 3 N–H and O–H groups in total. The summed E-state index contributed by atoms with van der Waals surface area (Å²) >= 11 is 1.36. The van der Waals surface area contributed by atoms with Crippen molar-refractivity contribution in [1.29, 1.82) is 0 Å². The Labute approximate surface area is 157 Å². The topological polar surface area (TPSA) is 105 Å². The van der Waals surface area contributed by atoms with Gasteiger partial charge in [0.2, 0.25) is 11.8 Å². The van der Waals surface area contributed by atoms with Crippen molar-refractivity contribution in [2.45, 2.75) is 43.4 Å². The molecule has 144 valence electrons. The number of nitrogens with one attached hydrogen (secondary N) is 2. The molecular formula is C18H26N2O5S. The average Bonchev–Trinajstić information content (AvgIpc) is 2.59. The van der Waals surface area contributed by atoms with Crippen molar-refractivity contribution in [3.8, 4) is 5.75 Å². The smallest absolute Gasteiger partial charge is 0.326 e. The summed E-state index contributed by atoms with van der Waals surface area (Å²) in [6, 6.07) is 6.36. The van der Waals surface area contributed by atoms with Crippen molar-refractivity contribution in [3.05, 3.63) is 24.3 Å². The number of carboxylic acid groups (broad SMARTS) is 1. The quantitative estimate of drug-likeness (QED) is 0.534. The van der Waals surface area contributed by atoms with Gasteiger partial charge in [-0.25, -0.2) is 4.79 Å². The molecule has 0 aliphatic heterocycles. The highest BCUT2D eigenvalue weighted by Crippen LogP contribution is 2.25. The number of aliphatic carboxylic acids is 1. The SMILES string of the molecule is COc1ccc(SC(C)C(=O)NCC(=O)N[C@@H](CC(C)C)C(=O)O)cc1. The van der Waals surface area contributed by atoms with E-state index in [1.54, 1.807) is 26.2 Å². The number of rotatable bonds is 10. The fourth-order valence-electron chi connectivity index (χ4n) is 2.16. The molecule has 0 bridgehead atoms. The van der Waals surface area contributed by atoms with E-state index in [0.29, 0.717) is 6.42 Å². The fraction of sp³-hybridized carbons (Fsp3) is 0.500. The molecule has 0 aliphatic carbocycles. The minimum atomic E-state index is -1.08. The third-order valence-electron chi connectivity index (χ3n) is 3.51. The maximum absolute atomic E-state index is 12.1. The van der Waals surface area contributed by atoms with Gasteiger partial charge in [-0.1, -0.05) is 13.8 Å². The van der Waals surface area contributed by atoms with Crippen molar-refractivity contribution in [3.63, 3.8) is 0 Å². The number of benzene rings is 1. The van der Waals surface area contributed by atoms with E-state index in [0.717, 1.165) is 10.6 Å². The molecule has 0 aromatic heterocycles. The second-order valence-electron chi connectivity index (χ2n) is 6.24. The number of hydrogen-bond donors (Lipinski definition) is 3. The van der Waals surface area contributed by atoms with Gasteiger partial charge in [0.15, 0.2) is 0 Å². The lowest BCUT2D eigenvalue weighted by Crippen LogP contribution is -2.47. The van der Waals surface area contributed by atoms with Crippen LogP contribution >= 0.6 is 11.8 Å². The third kappa shape index (κ3) is 7.77. The fourth-order valence-corrected chi connectivity index (χ4v) is 3.05. The molecule has 0 aliphatic rings. The van der Waals surface area contributed by atoms with Gasteiger partial charge in [-0.15, -0.1) is 11.8 Å². The van der Waals surface area contributed by atoms with Crippen molar-refractivity contribution < 1.29 is 24.2 Å². The molecule has 8 heteroatoms. The molecule has 2 amide bonds. The summed E-state index contributed by atoms with van der Waals surface area (Å²) in [6.45, 7) is 5.24. The molecule has 0 heterocycles. The summed E-state index contributed by atoms with van der Waals surface area (Å²) < 4.78 is 5.08. The minimum absolute atomic E-state index is 0.131. The summed E-state index contributed by atoms with van der Waals surface area (Å²) in [7, 11) is 1.58. The maximum atomic E-state index is 12.1. The number of thioether (sulfide) groups is 1. The largest absolute Gasteiger partial charge is 0.497 e. The zero-order valence-electron chi connectivity index (χ0n) is 15.4. The van der Waals surface area contributed by atoms with Gasteiger partial charge >= 0.3 is 5.97 Å². The number of carbonyl (C=O) groups is 3. The van der Waals surface area contributed by atoms with E-state index in [1.165, 1.54) is 11.8 Å². The Balaban J connectivity index is 2.45. The van der Waals surface area contributed by atoms with Crippen molar-refractivity contribution in [2.75, 3.05) is 13.7 Å². The first kappa shape index (κ1) is 21.8. The zero-order valence-corrected chi connectivity index (χ0v) is 16.3. The van der Waals surface area contributed by atoms with Crippen molar-refractivity contribution in [1.82, 2.24) is 10.6 Å². The summed E-state index contributed by atoms with van der Waals surface area (Å²) in [5.41, 5.74) is 0. The zero-order chi connectivity index (χ0) is 19.7. The van der Waals surface area contributed by atoms with Crippen LogP contribution in [0.15, 0.2) is 29.2 Å². The van der Waals surface area contributed by atoms with Gasteiger partial charge in [0.25, 0.3) is 0 Å². The van der Waals surface area contributed by atoms with Crippen molar-refractivity contribution >= 4 is 29.5 Å². The Morgan fingerprint density at radius 2 is 1.77 bits per heavy atom. The van der Waals surface area contributed by atoms with Crippen LogP contribution in [0.4, 0.5) is 0 Å². The standard InChI is InChI=1S/C18H26N2O5S/c1-11(2)9-15(18(23)24)20-16(21)10-19-17(22)12(3)26-14-7-5-13(25-4)6-8-14/h5-8,11-12,15H,9-10H2,1-4H3,(H,19,22)(H,20,21)(H,23,24)/t12?,15-/m0/s1. The molecular weight excluding hydrogens is 356 g/mol. The number of hydrogen-bond acceptors (Lipinski definition) is 5. The van der Waals surface area contributed by atoms with Crippen LogP contribution < -0.4 is 15.4 Å². The average molecular weight is 382 g/mol. The van der Waals surface area contributed by atoms with Crippen molar-refractivity contribution in [2.24, 2.45) is 5.92 Å². The van der Waals surface area contributed by atoms with Crippen LogP contribution in [-0.4, -0.2) is 47.8 Å². The number of methoxy groups -OCH3 is 1. The molecule has 1 unspecified atom stereocenters. The van der Waals surface area contributed by atoms with E-state index in [-0.39, 0.29) is 18.4 Å². The predicted molar refractivity (Wildman–Crippen MR) is 100 cm³/mol. The van der Waals surface area contributed by atoms with Crippen LogP contribution in [-0.2, 0) is 14.4 Å². The molecule has 26 heavy (non-hydrogen) atoms. The number of ether oxygens (including phenoxy) is 1. The Bertz CT molecular complexity index is 619. The van der Waals surface area contributed by atoms with Gasteiger partial charge in [-0.2, -0.15) is 0 Å². The first-order valence-electron chi connectivity index (χ1n) is 8.33. The molecule has 0 fully saturated rings. The maximum Gasteiger partial charge on any atom is 0.326 e. The van der Waals surface area contributed by atoms with E-state index in [1.807, 2.05) is 26.0 Å². The molecule has 0 radical (unpaired) electrons. The van der Waals surface area contributed by atoms with Gasteiger partial charge in [0, 0.05) is 4.90 Å². The van der Waals surface area contributed by atoms with E-state index in [9.17, 15) is 14.4 Å².